The number of amides is 1. The fourth-order valence-corrected chi connectivity index (χ4v) is 4.15. The van der Waals surface area contributed by atoms with Gasteiger partial charge < -0.3 is 10.6 Å². The van der Waals surface area contributed by atoms with Crippen molar-refractivity contribution in [2.24, 2.45) is 11.7 Å². The molecule has 1 heterocycles. The van der Waals surface area contributed by atoms with Crippen LogP contribution in [-0.2, 0) is 14.8 Å². The Kier molecular flexibility index (Phi) is 5.67. The third-order valence-electron chi connectivity index (χ3n) is 4.28. The predicted molar refractivity (Wildman–Crippen MR) is 91.2 cm³/mol. The molecule has 1 saturated carbocycles. The maximum atomic E-state index is 12.4. The first kappa shape index (κ1) is 18.2. The van der Waals surface area contributed by atoms with Crippen molar-refractivity contribution in [1.29, 1.82) is 0 Å². The van der Waals surface area contributed by atoms with Gasteiger partial charge in [0, 0.05) is 31.2 Å². The Balaban J connectivity index is 0.00000192. The van der Waals surface area contributed by atoms with Crippen LogP contribution in [0.15, 0.2) is 29.2 Å². The van der Waals surface area contributed by atoms with Crippen molar-refractivity contribution in [2.75, 3.05) is 18.0 Å². The summed E-state index contributed by atoms with van der Waals surface area (Å²) in [6, 6.07) is 6.27. The van der Waals surface area contributed by atoms with Gasteiger partial charge in [0.2, 0.25) is 15.9 Å². The first-order valence-electron chi connectivity index (χ1n) is 7.64. The summed E-state index contributed by atoms with van der Waals surface area (Å²) in [6.07, 6.45) is 3.46. The van der Waals surface area contributed by atoms with E-state index in [-0.39, 0.29) is 29.3 Å². The molecule has 128 valence electrons. The van der Waals surface area contributed by atoms with Gasteiger partial charge in [0.15, 0.2) is 0 Å². The van der Waals surface area contributed by atoms with Crippen LogP contribution in [0.1, 0.15) is 25.7 Å². The van der Waals surface area contributed by atoms with Crippen molar-refractivity contribution in [3.8, 4) is 0 Å². The van der Waals surface area contributed by atoms with Crippen molar-refractivity contribution >= 4 is 34.0 Å². The lowest BCUT2D eigenvalue weighted by atomic mass is 10.2. The van der Waals surface area contributed by atoms with E-state index in [4.69, 9.17) is 5.73 Å². The minimum Gasteiger partial charge on any atom is -0.329 e. The van der Waals surface area contributed by atoms with Crippen LogP contribution < -0.4 is 15.4 Å². The first-order valence-corrected chi connectivity index (χ1v) is 9.12. The van der Waals surface area contributed by atoms with Crippen LogP contribution >= 0.6 is 12.4 Å². The third-order valence-corrected chi connectivity index (χ3v) is 5.79. The molecule has 1 atom stereocenters. The quantitative estimate of drug-likeness (QED) is 0.799. The first-order chi connectivity index (χ1) is 10.5. The van der Waals surface area contributed by atoms with E-state index in [0.717, 1.165) is 24.9 Å². The third kappa shape index (κ3) is 4.03. The van der Waals surface area contributed by atoms with Gasteiger partial charge >= 0.3 is 0 Å². The molecule has 2 fully saturated rings. The van der Waals surface area contributed by atoms with Crippen molar-refractivity contribution in [2.45, 2.75) is 36.6 Å². The molecule has 1 aliphatic heterocycles. The molecule has 1 aromatic carbocycles. The highest BCUT2D eigenvalue weighted by Crippen LogP contribution is 2.33. The molecule has 1 unspecified atom stereocenters. The minimum absolute atomic E-state index is 0. The van der Waals surface area contributed by atoms with Gasteiger partial charge in [-0.3, -0.25) is 4.79 Å². The summed E-state index contributed by atoms with van der Waals surface area (Å²) in [5.41, 5.74) is 6.40. The standard InChI is InChI=1S/C15H21N3O3S.ClH/c16-10-14(11-3-4-11)17-22(20,21)13-7-5-12(6-8-13)18-9-1-2-15(18)19;/h5-8,11,14,17H,1-4,9-10,16H2;1H. The molecule has 0 aromatic heterocycles. The van der Waals surface area contributed by atoms with Crippen LogP contribution in [0, 0.1) is 5.92 Å². The second-order valence-electron chi connectivity index (χ2n) is 5.94. The summed E-state index contributed by atoms with van der Waals surface area (Å²) in [5, 5.41) is 0. The van der Waals surface area contributed by atoms with Crippen molar-refractivity contribution in [1.82, 2.24) is 4.72 Å². The molecule has 1 aromatic rings. The molecule has 0 spiro atoms. The van der Waals surface area contributed by atoms with Crippen molar-refractivity contribution in [3.05, 3.63) is 24.3 Å². The van der Waals surface area contributed by atoms with E-state index in [9.17, 15) is 13.2 Å². The number of hydrogen-bond donors (Lipinski definition) is 2. The van der Waals surface area contributed by atoms with Gasteiger partial charge in [-0.2, -0.15) is 0 Å². The number of nitrogens with two attached hydrogens (primary N) is 1. The van der Waals surface area contributed by atoms with Gasteiger partial charge in [-0.1, -0.05) is 0 Å². The molecule has 23 heavy (non-hydrogen) atoms. The molecular formula is C15H22ClN3O3S. The van der Waals surface area contributed by atoms with Gasteiger partial charge in [-0.15, -0.1) is 12.4 Å². The number of benzene rings is 1. The zero-order valence-electron chi connectivity index (χ0n) is 12.8. The normalized spacial score (nSPS) is 19.5. The zero-order chi connectivity index (χ0) is 15.7. The van der Waals surface area contributed by atoms with E-state index in [0.29, 0.717) is 25.4 Å². The minimum atomic E-state index is -3.56. The summed E-state index contributed by atoms with van der Waals surface area (Å²) >= 11 is 0. The topological polar surface area (TPSA) is 92.5 Å². The highest BCUT2D eigenvalue weighted by molar-refractivity contribution is 7.89. The number of anilines is 1. The summed E-state index contributed by atoms with van der Waals surface area (Å²) in [5.74, 6) is 0.451. The van der Waals surface area contributed by atoms with Gasteiger partial charge in [-0.05, 0) is 49.4 Å². The second-order valence-corrected chi connectivity index (χ2v) is 7.66. The Morgan fingerprint density at radius 3 is 2.39 bits per heavy atom. The van der Waals surface area contributed by atoms with E-state index in [1.54, 1.807) is 29.2 Å². The molecule has 3 rings (SSSR count). The average molecular weight is 360 g/mol. The molecule has 1 saturated heterocycles. The lowest BCUT2D eigenvalue weighted by Gasteiger charge is -2.18. The van der Waals surface area contributed by atoms with Gasteiger partial charge in [0.1, 0.15) is 0 Å². The van der Waals surface area contributed by atoms with Crippen LogP contribution in [0.3, 0.4) is 0 Å². The number of nitrogens with zero attached hydrogens (tertiary/aromatic N) is 1. The van der Waals surface area contributed by atoms with Crippen LogP contribution in [0.5, 0.6) is 0 Å². The smallest absolute Gasteiger partial charge is 0.240 e. The number of sulfonamides is 1. The van der Waals surface area contributed by atoms with Gasteiger partial charge in [-0.25, -0.2) is 13.1 Å². The second kappa shape index (κ2) is 7.17. The Labute approximate surface area is 142 Å². The summed E-state index contributed by atoms with van der Waals surface area (Å²) < 4.78 is 27.5. The van der Waals surface area contributed by atoms with E-state index in [1.165, 1.54) is 0 Å². The van der Waals surface area contributed by atoms with Crippen LogP contribution in [0.25, 0.3) is 0 Å². The van der Waals surface area contributed by atoms with E-state index < -0.39 is 10.0 Å². The average Bonchev–Trinajstić information content (AvgIpc) is 3.26. The fourth-order valence-electron chi connectivity index (χ4n) is 2.83. The maximum Gasteiger partial charge on any atom is 0.240 e. The van der Waals surface area contributed by atoms with Crippen LogP contribution in [0.4, 0.5) is 5.69 Å². The summed E-state index contributed by atoms with van der Waals surface area (Å²) in [6.45, 7) is 1.00. The largest absolute Gasteiger partial charge is 0.329 e. The molecule has 3 N–H and O–H groups in total. The van der Waals surface area contributed by atoms with E-state index in [1.807, 2.05) is 0 Å². The van der Waals surface area contributed by atoms with E-state index in [2.05, 4.69) is 4.72 Å². The molecule has 0 bridgehead atoms. The monoisotopic (exact) mass is 359 g/mol. The zero-order valence-corrected chi connectivity index (χ0v) is 14.4. The van der Waals surface area contributed by atoms with Gasteiger partial charge in [0.25, 0.3) is 0 Å². The molecule has 6 nitrogen and oxygen atoms in total. The van der Waals surface area contributed by atoms with Crippen molar-refractivity contribution < 1.29 is 13.2 Å². The lowest BCUT2D eigenvalue weighted by Crippen LogP contribution is -2.41. The van der Waals surface area contributed by atoms with Crippen molar-refractivity contribution in [3.63, 3.8) is 0 Å². The molecule has 1 aliphatic carbocycles. The molecular weight excluding hydrogens is 338 g/mol. The highest BCUT2D eigenvalue weighted by Gasteiger charge is 2.33. The number of carbonyl (C=O) groups is 1. The highest BCUT2D eigenvalue weighted by atomic mass is 35.5. The van der Waals surface area contributed by atoms with E-state index >= 15 is 0 Å². The fraction of sp³-hybridized carbons (Fsp3) is 0.533. The number of carbonyl (C=O) groups excluding carboxylic acids is 1. The van der Waals surface area contributed by atoms with Crippen LogP contribution in [-0.4, -0.2) is 33.5 Å². The summed E-state index contributed by atoms with van der Waals surface area (Å²) in [4.78, 5) is 13.6. The Morgan fingerprint density at radius 2 is 1.91 bits per heavy atom. The number of halogens is 1. The maximum absolute atomic E-state index is 12.4. The lowest BCUT2D eigenvalue weighted by molar-refractivity contribution is -0.117. The number of hydrogen-bond acceptors (Lipinski definition) is 4. The Hall–Kier alpha value is -1.15. The van der Waals surface area contributed by atoms with Crippen LogP contribution in [0.2, 0.25) is 0 Å². The Bertz CT molecular complexity index is 659. The number of nitrogens with one attached hydrogen (secondary N) is 1. The predicted octanol–water partition coefficient (Wildman–Crippen LogP) is 1.25. The van der Waals surface area contributed by atoms with Gasteiger partial charge in [0.05, 0.1) is 4.90 Å². The molecule has 8 heteroatoms. The SMILES string of the molecule is Cl.NCC(NS(=O)(=O)c1ccc(N2CCCC2=O)cc1)C1CC1. The number of rotatable bonds is 6. The molecule has 0 radical (unpaired) electrons. The summed E-state index contributed by atoms with van der Waals surface area (Å²) in [7, 11) is -3.56. The molecule has 1 amide bonds. The molecule has 2 aliphatic rings. The Morgan fingerprint density at radius 1 is 1.26 bits per heavy atom.